The molecule has 2 aliphatic carbocycles. The molecule has 5 rings (SSSR count). The molecule has 0 radical (unpaired) electrons. The van der Waals surface area contributed by atoms with Crippen LogP contribution in [0.1, 0.15) is 67.0 Å². The van der Waals surface area contributed by atoms with E-state index < -0.39 is 29.1 Å². The molecule has 3 aromatic rings. The van der Waals surface area contributed by atoms with Crippen LogP contribution in [-0.2, 0) is 5.41 Å². The molecule has 2 aliphatic rings. The molecule has 176 valence electrons. The van der Waals surface area contributed by atoms with Crippen molar-refractivity contribution in [1.29, 1.82) is 0 Å². The molecular weight excluding hydrogens is 440 g/mol. The van der Waals surface area contributed by atoms with Gasteiger partial charge in [0.05, 0.1) is 40.4 Å². The third kappa shape index (κ3) is 3.14. The maximum absolute atomic E-state index is 14.4. The number of benzene rings is 1. The van der Waals surface area contributed by atoms with E-state index in [2.05, 4.69) is 39.3 Å². The van der Waals surface area contributed by atoms with E-state index in [1.54, 1.807) is 19.2 Å². The molecule has 3 atom stereocenters. The number of rotatable bonds is 5. The third-order valence-corrected chi connectivity index (χ3v) is 7.46. The Morgan fingerprint density at radius 1 is 1.24 bits per heavy atom. The van der Waals surface area contributed by atoms with Crippen LogP contribution in [0.15, 0.2) is 36.7 Å². The van der Waals surface area contributed by atoms with E-state index in [1.807, 2.05) is 0 Å². The highest BCUT2D eigenvalue weighted by Crippen LogP contribution is 2.69. The third-order valence-electron chi connectivity index (χ3n) is 7.46. The monoisotopic (exact) mass is 465 g/mol. The van der Waals surface area contributed by atoms with Crippen LogP contribution >= 0.6 is 0 Å². The van der Waals surface area contributed by atoms with Crippen LogP contribution in [0.3, 0.4) is 0 Å². The Labute approximate surface area is 195 Å². The first-order valence-corrected chi connectivity index (χ1v) is 11.3. The summed E-state index contributed by atoms with van der Waals surface area (Å²) in [6.07, 6.45) is 3.94. The molecule has 1 saturated carbocycles. The van der Waals surface area contributed by atoms with Gasteiger partial charge in [-0.05, 0) is 54.9 Å². The molecule has 0 aliphatic heterocycles. The molecule has 0 spiro atoms. The number of hydrogen-bond acceptors (Lipinski definition) is 6. The quantitative estimate of drug-likeness (QED) is 0.598. The van der Waals surface area contributed by atoms with Crippen molar-refractivity contribution in [3.63, 3.8) is 0 Å². The number of amides is 1. The Bertz CT molecular complexity index is 1280. The Hall–Kier alpha value is -3.33. The standard InChI is InChI=1S/C25H25F2N5O2/c1-13(33)10-29-23(34)19-11-28-12-20(30-19)25-8-7-15(24(25,2)3)14-9-18(31-32-22(14)25)21-16(26)5-4-6-17(21)27/h4-6,9,11-13,15,33H,7-8,10H2,1-3H3,(H,29,34)/t13?,15-,25-/m1/s1. The molecular formula is C25H25F2N5O2. The number of nitrogens with zero attached hydrogens (tertiary/aromatic N) is 4. The molecule has 2 bridgehead atoms. The van der Waals surface area contributed by atoms with Gasteiger partial charge in [0.15, 0.2) is 0 Å². The number of aliphatic hydroxyl groups is 1. The molecule has 2 N–H and O–H groups in total. The zero-order chi connectivity index (χ0) is 24.3. The van der Waals surface area contributed by atoms with E-state index in [4.69, 9.17) is 0 Å². The van der Waals surface area contributed by atoms with Crippen molar-refractivity contribution in [3.8, 4) is 11.3 Å². The molecule has 2 aromatic heterocycles. The lowest BCUT2D eigenvalue weighted by Crippen LogP contribution is -2.39. The Balaban J connectivity index is 1.61. The summed E-state index contributed by atoms with van der Waals surface area (Å²) >= 11 is 0. The van der Waals surface area contributed by atoms with Crippen molar-refractivity contribution in [2.75, 3.05) is 6.54 Å². The topological polar surface area (TPSA) is 101 Å². The molecule has 0 saturated heterocycles. The number of aliphatic hydroxyl groups excluding tert-OH is 1. The highest BCUT2D eigenvalue weighted by atomic mass is 19.1. The summed E-state index contributed by atoms with van der Waals surface area (Å²) in [6, 6.07) is 5.46. The van der Waals surface area contributed by atoms with Gasteiger partial charge >= 0.3 is 0 Å². The summed E-state index contributed by atoms with van der Waals surface area (Å²) in [5.74, 6) is -1.71. The second-order valence-corrected chi connectivity index (χ2v) is 9.70. The van der Waals surface area contributed by atoms with Crippen LogP contribution in [0.2, 0.25) is 0 Å². The summed E-state index contributed by atoms with van der Waals surface area (Å²) in [5, 5.41) is 20.8. The van der Waals surface area contributed by atoms with E-state index in [-0.39, 0.29) is 34.8 Å². The zero-order valence-electron chi connectivity index (χ0n) is 19.1. The molecule has 2 heterocycles. The van der Waals surface area contributed by atoms with Gasteiger partial charge in [-0.1, -0.05) is 19.9 Å². The Kier molecular flexibility index (Phi) is 5.20. The second kappa shape index (κ2) is 7.87. The largest absolute Gasteiger partial charge is 0.392 e. The fraction of sp³-hybridized carbons (Fsp3) is 0.400. The average molecular weight is 466 g/mol. The van der Waals surface area contributed by atoms with Crippen molar-refractivity contribution in [2.45, 2.75) is 51.0 Å². The summed E-state index contributed by atoms with van der Waals surface area (Å²) < 4.78 is 28.8. The predicted octanol–water partition coefficient (Wildman–Crippen LogP) is 3.53. The summed E-state index contributed by atoms with van der Waals surface area (Å²) in [5.41, 5.74) is 1.37. The fourth-order valence-electron chi connectivity index (χ4n) is 5.77. The van der Waals surface area contributed by atoms with Crippen molar-refractivity contribution in [3.05, 3.63) is 70.9 Å². The van der Waals surface area contributed by atoms with Gasteiger partial charge in [-0.2, -0.15) is 5.10 Å². The predicted molar refractivity (Wildman–Crippen MR) is 120 cm³/mol. The maximum Gasteiger partial charge on any atom is 0.271 e. The van der Waals surface area contributed by atoms with E-state index in [0.717, 1.165) is 18.4 Å². The van der Waals surface area contributed by atoms with E-state index >= 15 is 0 Å². The number of fused-ring (bicyclic) bond motifs is 5. The van der Waals surface area contributed by atoms with Gasteiger partial charge in [0.2, 0.25) is 0 Å². The van der Waals surface area contributed by atoms with Crippen LogP contribution in [0.25, 0.3) is 11.3 Å². The number of halogens is 2. The SMILES string of the molecule is CC(O)CNC(=O)c1cncc([C@]23CC[C@H](c4cc(-c5c(F)cccc5F)nnc42)C3(C)C)n1. The van der Waals surface area contributed by atoms with Crippen molar-refractivity contribution in [1.82, 2.24) is 25.5 Å². The minimum absolute atomic E-state index is 0.0844. The van der Waals surface area contributed by atoms with Gasteiger partial charge < -0.3 is 10.4 Å². The van der Waals surface area contributed by atoms with Crippen LogP contribution < -0.4 is 5.32 Å². The van der Waals surface area contributed by atoms with E-state index in [9.17, 15) is 18.7 Å². The second-order valence-electron chi connectivity index (χ2n) is 9.70. The van der Waals surface area contributed by atoms with Crippen LogP contribution in [-0.4, -0.2) is 43.8 Å². The average Bonchev–Trinajstić information content (AvgIpc) is 3.18. The van der Waals surface area contributed by atoms with Crippen LogP contribution in [0.4, 0.5) is 8.78 Å². The van der Waals surface area contributed by atoms with Crippen LogP contribution in [0, 0.1) is 17.0 Å². The molecule has 1 amide bonds. The highest BCUT2D eigenvalue weighted by Gasteiger charge is 2.65. The van der Waals surface area contributed by atoms with Crippen LogP contribution in [0.5, 0.6) is 0 Å². The van der Waals surface area contributed by atoms with E-state index in [1.165, 1.54) is 24.4 Å². The normalized spacial score (nSPS) is 22.9. The molecule has 9 heteroatoms. The number of carbonyl (C=O) groups is 1. The molecule has 1 unspecified atom stereocenters. The number of nitrogens with one attached hydrogen (secondary N) is 1. The van der Waals surface area contributed by atoms with Gasteiger partial charge in [-0.15, -0.1) is 5.10 Å². The number of carbonyl (C=O) groups excluding carboxylic acids is 1. The van der Waals surface area contributed by atoms with Gasteiger partial charge in [0, 0.05) is 12.7 Å². The van der Waals surface area contributed by atoms with Gasteiger partial charge in [-0.3, -0.25) is 9.78 Å². The van der Waals surface area contributed by atoms with Crippen molar-refractivity contribution < 1.29 is 18.7 Å². The highest BCUT2D eigenvalue weighted by molar-refractivity contribution is 5.92. The van der Waals surface area contributed by atoms with Gasteiger partial charge in [-0.25, -0.2) is 13.8 Å². The number of aromatic nitrogens is 4. The lowest BCUT2D eigenvalue weighted by atomic mass is 9.66. The first kappa shape index (κ1) is 22.5. The smallest absolute Gasteiger partial charge is 0.271 e. The molecule has 7 nitrogen and oxygen atoms in total. The van der Waals surface area contributed by atoms with Crippen molar-refractivity contribution in [2.24, 2.45) is 5.41 Å². The first-order chi connectivity index (χ1) is 16.2. The lowest BCUT2D eigenvalue weighted by Gasteiger charge is -2.37. The lowest BCUT2D eigenvalue weighted by molar-refractivity contribution is 0.0917. The van der Waals surface area contributed by atoms with Gasteiger partial charge in [0.1, 0.15) is 17.3 Å². The number of hydrogen-bond donors (Lipinski definition) is 2. The first-order valence-electron chi connectivity index (χ1n) is 11.3. The minimum atomic E-state index is -0.687. The zero-order valence-corrected chi connectivity index (χ0v) is 19.1. The molecule has 1 fully saturated rings. The molecule has 34 heavy (non-hydrogen) atoms. The van der Waals surface area contributed by atoms with Crippen molar-refractivity contribution >= 4 is 5.91 Å². The maximum atomic E-state index is 14.4. The van der Waals surface area contributed by atoms with Gasteiger partial charge in [0.25, 0.3) is 5.91 Å². The summed E-state index contributed by atoms with van der Waals surface area (Å²) in [6.45, 7) is 5.93. The minimum Gasteiger partial charge on any atom is -0.392 e. The summed E-state index contributed by atoms with van der Waals surface area (Å²) in [7, 11) is 0. The fourth-order valence-corrected chi connectivity index (χ4v) is 5.77. The van der Waals surface area contributed by atoms with E-state index in [0.29, 0.717) is 11.4 Å². The molecule has 1 aromatic carbocycles. The summed E-state index contributed by atoms with van der Waals surface area (Å²) in [4.78, 5) is 21.5. The Morgan fingerprint density at radius 3 is 2.68 bits per heavy atom. The Morgan fingerprint density at radius 2 is 1.97 bits per heavy atom.